The van der Waals surface area contributed by atoms with Crippen molar-refractivity contribution in [2.75, 3.05) is 12.4 Å². The van der Waals surface area contributed by atoms with E-state index in [1.165, 1.54) is 43.4 Å². The number of rotatable bonds is 11. The van der Waals surface area contributed by atoms with Gasteiger partial charge in [-0.25, -0.2) is 9.78 Å². The molecule has 0 spiro atoms. The lowest BCUT2D eigenvalue weighted by atomic mass is 9.80. The van der Waals surface area contributed by atoms with Crippen LogP contribution < -0.4 is 0 Å². The van der Waals surface area contributed by atoms with Crippen molar-refractivity contribution in [1.29, 1.82) is 0 Å². The summed E-state index contributed by atoms with van der Waals surface area (Å²) in [6.45, 7) is 4.11. The molecule has 0 radical (unpaired) electrons. The Labute approximate surface area is 201 Å². The third-order valence-electron chi connectivity index (χ3n) is 6.88. The van der Waals surface area contributed by atoms with Crippen LogP contribution in [0.15, 0.2) is 21.9 Å². The zero-order valence-corrected chi connectivity index (χ0v) is 21.1. The quantitative estimate of drug-likeness (QED) is 0.234. The van der Waals surface area contributed by atoms with Gasteiger partial charge in [-0.15, -0.1) is 11.3 Å². The summed E-state index contributed by atoms with van der Waals surface area (Å²) in [5.41, 5.74) is -0.260. The van der Waals surface area contributed by atoms with Gasteiger partial charge in [0.15, 0.2) is 10.0 Å². The second-order valence-electron chi connectivity index (χ2n) is 9.67. The number of hydrogen-bond acceptors (Lipinski definition) is 7. The molecule has 0 bridgehead atoms. The number of thioether (sulfide) groups is 1. The van der Waals surface area contributed by atoms with Crippen LogP contribution in [0.25, 0.3) is 0 Å². The van der Waals surface area contributed by atoms with Crippen molar-refractivity contribution in [2.45, 2.75) is 94.1 Å². The van der Waals surface area contributed by atoms with E-state index in [9.17, 15) is 15.0 Å². The Hall–Kier alpha value is -0.890. The summed E-state index contributed by atoms with van der Waals surface area (Å²) in [7, 11) is 0. The standard InChI is InChI=1S/C25H39NO4S2/c1-3-30-23(28)21-17-32-24(26-21)31-15-13-20-19(11-12-22(20)27)10-7-14-25(2,29)16-18-8-5-4-6-9-18/h7,10,17-20,22,27,29H,3-6,8-9,11-16H2,1-2H3/b10-7+/t19-,20+,22-,25+/m0/s1. The average molecular weight is 482 g/mol. The lowest BCUT2D eigenvalue weighted by Gasteiger charge is -2.30. The predicted octanol–water partition coefficient (Wildman–Crippen LogP) is 5.86. The molecule has 2 saturated carbocycles. The first-order valence-electron chi connectivity index (χ1n) is 12.2. The Kier molecular flexibility index (Phi) is 10.1. The van der Waals surface area contributed by atoms with Crippen LogP contribution in [0, 0.1) is 17.8 Å². The number of aromatic nitrogens is 1. The monoisotopic (exact) mass is 481 g/mol. The topological polar surface area (TPSA) is 79.7 Å². The molecule has 2 fully saturated rings. The summed E-state index contributed by atoms with van der Waals surface area (Å²) in [6, 6.07) is 0. The molecule has 7 heteroatoms. The first-order valence-corrected chi connectivity index (χ1v) is 14.1. The van der Waals surface area contributed by atoms with Crippen LogP contribution in [0.5, 0.6) is 0 Å². The molecule has 2 N–H and O–H groups in total. The second-order valence-corrected chi connectivity index (χ2v) is 11.9. The Morgan fingerprint density at radius 1 is 1.31 bits per heavy atom. The SMILES string of the molecule is CCOC(=O)c1csc(SCC[C@H]2[C@@H](O)CC[C@@H]2/C=C/C[C@@](C)(O)CC2CCCCC2)n1. The molecule has 2 aliphatic rings. The van der Waals surface area contributed by atoms with Crippen LogP contribution in [0.4, 0.5) is 0 Å². The van der Waals surface area contributed by atoms with E-state index >= 15 is 0 Å². The highest BCUT2D eigenvalue weighted by molar-refractivity contribution is 8.01. The molecule has 32 heavy (non-hydrogen) atoms. The molecule has 1 aromatic heterocycles. The number of ether oxygens (including phenoxy) is 1. The minimum absolute atomic E-state index is 0.242. The molecule has 1 aromatic rings. The largest absolute Gasteiger partial charge is 0.461 e. The maximum atomic E-state index is 11.8. The van der Waals surface area contributed by atoms with Gasteiger partial charge in [0.2, 0.25) is 0 Å². The highest BCUT2D eigenvalue weighted by atomic mass is 32.2. The van der Waals surface area contributed by atoms with Gasteiger partial charge in [-0.3, -0.25) is 0 Å². The summed E-state index contributed by atoms with van der Waals surface area (Å²) in [4.78, 5) is 16.1. The molecule has 0 aliphatic heterocycles. The molecule has 0 unspecified atom stereocenters. The van der Waals surface area contributed by atoms with E-state index in [1.807, 2.05) is 6.92 Å². The molecule has 0 amide bonds. The lowest BCUT2D eigenvalue weighted by molar-refractivity contribution is 0.0302. The van der Waals surface area contributed by atoms with Crippen molar-refractivity contribution in [1.82, 2.24) is 4.98 Å². The summed E-state index contributed by atoms with van der Waals surface area (Å²) < 4.78 is 5.86. The number of esters is 1. The Morgan fingerprint density at radius 3 is 2.84 bits per heavy atom. The van der Waals surface area contributed by atoms with Gasteiger partial charge in [-0.05, 0) is 63.7 Å². The summed E-state index contributed by atoms with van der Waals surface area (Å²) >= 11 is 3.10. The van der Waals surface area contributed by atoms with Crippen molar-refractivity contribution in [3.63, 3.8) is 0 Å². The fourth-order valence-corrected chi connectivity index (χ4v) is 7.13. The zero-order chi connectivity index (χ0) is 23.0. The molecular formula is C25H39NO4S2. The van der Waals surface area contributed by atoms with Crippen molar-refractivity contribution < 1.29 is 19.7 Å². The van der Waals surface area contributed by atoms with Crippen LogP contribution in [0.1, 0.15) is 88.5 Å². The van der Waals surface area contributed by atoms with E-state index in [2.05, 4.69) is 17.1 Å². The minimum Gasteiger partial charge on any atom is -0.461 e. The number of aliphatic hydroxyl groups excluding tert-OH is 1. The Balaban J connectivity index is 1.44. The first-order chi connectivity index (χ1) is 15.4. The number of thiazole rings is 1. The van der Waals surface area contributed by atoms with Crippen molar-refractivity contribution in [2.24, 2.45) is 17.8 Å². The van der Waals surface area contributed by atoms with E-state index in [0.29, 0.717) is 30.6 Å². The smallest absolute Gasteiger partial charge is 0.357 e. The first kappa shape index (κ1) is 25.7. The molecule has 4 atom stereocenters. The zero-order valence-electron chi connectivity index (χ0n) is 19.5. The van der Waals surface area contributed by atoms with E-state index in [-0.39, 0.29) is 18.0 Å². The van der Waals surface area contributed by atoms with Crippen LogP contribution in [-0.4, -0.2) is 45.2 Å². The molecule has 2 aliphatic carbocycles. The maximum absolute atomic E-state index is 11.8. The van der Waals surface area contributed by atoms with E-state index in [1.54, 1.807) is 24.1 Å². The van der Waals surface area contributed by atoms with Crippen LogP contribution >= 0.6 is 23.1 Å². The second kappa shape index (κ2) is 12.5. The van der Waals surface area contributed by atoms with Crippen molar-refractivity contribution in [3.05, 3.63) is 23.2 Å². The number of hydrogen-bond donors (Lipinski definition) is 2. The van der Waals surface area contributed by atoms with Crippen LogP contribution in [-0.2, 0) is 4.74 Å². The van der Waals surface area contributed by atoms with Crippen LogP contribution in [0.3, 0.4) is 0 Å². The van der Waals surface area contributed by atoms with Gasteiger partial charge in [-0.1, -0.05) is 56.0 Å². The third-order valence-corrected chi connectivity index (χ3v) is 8.93. The lowest BCUT2D eigenvalue weighted by Crippen LogP contribution is -2.28. The number of nitrogens with zero attached hydrogens (tertiary/aromatic N) is 1. The molecule has 0 saturated heterocycles. The van der Waals surface area contributed by atoms with Gasteiger partial charge >= 0.3 is 5.97 Å². The fraction of sp³-hybridized carbons (Fsp3) is 0.760. The normalized spacial score (nSPS) is 26.4. The summed E-state index contributed by atoms with van der Waals surface area (Å²) in [5.74, 6) is 1.77. The van der Waals surface area contributed by atoms with Crippen LogP contribution in [0.2, 0.25) is 0 Å². The predicted molar refractivity (Wildman–Crippen MR) is 131 cm³/mol. The van der Waals surface area contributed by atoms with E-state index < -0.39 is 5.60 Å². The van der Waals surface area contributed by atoms with E-state index in [4.69, 9.17) is 4.74 Å². The Bertz CT molecular complexity index is 742. The molecule has 180 valence electrons. The molecule has 5 nitrogen and oxygen atoms in total. The van der Waals surface area contributed by atoms with E-state index in [0.717, 1.165) is 35.8 Å². The minimum atomic E-state index is -0.636. The van der Waals surface area contributed by atoms with Gasteiger partial charge in [0.05, 0.1) is 18.3 Å². The van der Waals surface area contributed by atoms with Gasteiger partial charge < -0.3 is 14.9 Å². The maximum Gasteiger partial charge on any atom is 0.357 e. The van der Waals surface area contributed by atoms with Crippen molar-refractivity contribution >= 4 is 29.1 Å². The molecule has 0 aromatic carbocycles. The van der Waals surface area contributed by atoms with Gasteiger partial charge in [0.1, 0.15) is 0 Å². The Morgan fingerprint density at radius 2 is 2.09 bits per heavy atom. The highest BCUT2D eigenvalue weighted by Crippen LogP contribution is 2.38. The molecule has 3 rings (SSSR count). The fourth-order valence-electron chi connectivity index (χ4n) is 5.22. The van der Waals surface area contributed by atoms with Gasteiger partial charge in [0.25, 0.3) is 0 Å². The molecule has 1 heterocycles. The number of allylic oxidation sites excluding steroid dienone is 1. The molecular weight excluding hydrogens is 442 g/mol. The highest BCUT2D eigenvalue weighted by Gasteiger charge is 2.33. The summed E-state index contributed by atoms with van der Waals surface area (Å²) in [6.07, 6.45) is 14.9. The number of aliphatic hydroxyl groups is 2. The number of carbonyl (C=O) groups is 1. The average Bonchev–Trinajstić information content (AvgIpc) is 3.36. The van der Waals surface area contributed by atoms with Gasteiger partial charge in [0, 0.05) is 11.1 Å². The van der Waals surface area contributed by atoms with Crippen molar-refractivity contribution in [3.8, 4) is 0 Å². The third kappa shape index (κ3) is 7.86. The summed E-state index contributed by atoms with van der Waals surface area (Å²) in [5, 5.41) is 23.1. The van der Waals surface area contributed by atoms with Gasteiger partial charge in [-0.2, -0.15) is 0 Å². The number of carbonyl (C=O) groups excluding carboxylic acids is 1.